The fourth-order valence-electron chi connectivity index (χ4n) is 2.22. The van der Waals surface area contributed by atoms with Crippen LogP contribution in [0.1, 0.15) is 17.2 Å². The number of fused-ring (bicyclic) bond motifs is 1. The topological polar surface area (TPSA) is 12.0 Å². The van der Waals surface area contributed by atoms with Crippen LogP contribution in [0.2, 0.25) is 5.02 Å². The molecular formula is C15H14ClNS. The van der Waals surface area contributed by atoms with Gasteiger partial charge in [0, 0.05) is 28.3 Å². The van der Waals surface area contributed by atoms with Crippen molar-refractivity contribution in [2.75, 3.05) is 5.75 Å². The molecule has 0 bridgehead atoms. The first-order chi connectivity index (χ1) is 8.83. The van der Waals surface area contributed by atoms with E-state index < -0.39 is 0 Å². The summed E-state index contributed by atoms with van der Waals surface area (Å²) in [7, 11) is 0. The fraction of sp³-hybridized carbons (Fsp3) is 0.200. The van der Waals surface area contributed by atoms with Crippen LogP contribution in [0.5, 0.6) is 0 Å². The summed E-state index contributed by atoms with van der Waals surface area (Å²) in [5.74, 6) is 1.11. The second kappa shape index (κ2) is 5.35. The summed E-state index contributed by atoms with van der Waals surface area (Å²) in [6.45, 7) is 0.861. The zero-order valence-electron chi connectivity index (χ0n) is 9.90. The second-order valence-electron chi connectivity index (χ2n) is 4.41. The van der Waals surface area contributed by atoms with E-state index in [0.717, 1.165) is 17.3 Å². The molecule has 92 valence electrons. The number of rotatable bonds is 3. The third-order valence-corrected chi connectivity index (χ3v) is 4.56. The molecule has 3 heteroatoms. The molecule has 1 heterocycles. The summed E-state index contributed by atoms with van der Waals surface area (Å²) in [6, 6.07) is 17.1. The number of halogens is 1. The van der Waals surface area contributed by atoms with E-state index in [1.54, 1.807) is 0 Å². The minimum Gasteiger partial charge on any atom is -0.305 e. The van der Waals surface area contributed by atoms with Crippen molar-refractivity contribution >= 4 is 23.4 Å². The summed E-state index contributed by atoms with van der Waals surface area (Å²) >= 11 is 7.92. The van der Waals surface area contributed by atoms with E-state index in [1.807, 2.05) is 30.0 Å². The SMILES string of the molecule is Clc1cccc(CNC2CSc3ccccc32)c1. The molecule has 0 aliphatic carbocycles. The van der Waals surface area contributed by atoms with Gasteiger partial charge in [-0.05, 0) is 29.3 Å². The predicted octanol–water partition coefficient (Wildman–Crippen LogP) is 4.28. The largest absolute Gasteiger partial charge is 0.305 e. The molecule has 0 radical (unpaired) electrons. The summed E-state index contributed by atoms with van der Waals surface area (Å²) in [5.41, 5.74) is 2.65. The molecule has 0 fully saturated rings. The molecular weight excluding hydrogens is 262 g/mol. The molecule has 1 aliphatic rings. The van der Waals surface area contributed by atoms with Crippen molar-refractivity contribution in [3.8, 4) is 0 Å². The maximum absolute atomic E-state index is 5.99. The van der Waals surface area contributed by atoms with Crippen molar-refractivity contribution in [3.05, 3.63) is 64.7 Å². The normalized spacial score (nSPS) is 17.7. The Morgan fingerprint density at radius 3 is 2.94 bits per heavy atom. The Bertz CT molecular complexity index is 556. The van der Waals surface area contributed by atoms with E-state index in [4.69, 9.17) is 11.6 Å². The lowest BCUT2D eigenvalue weighted by Crippen LogP contribution is -2.20. The van der Waals surface area contributed by atoms with Crippen LogP contribution in [0.25, 0.3) is 0 Å². The minimum absolute atomic E-state index is 0.449. The van der Waals surface area contributed by atoms with E-state index in [1.165, 1.54) is 16.0 Å². The molecule has 2 aromatic rings. The third kappa shape index (κ3) is 2.56. The molecule has 1 N–H and O–H groups in total. The Labute approximate surface area is 117 Å². The van der Waals surface area contributed by atoms with Gasteiger partial charge in [-0.15, -0.1) is 11.8 Å². The number of benzene rings is 2. The van der Waals surface area contributed by atoms with Gasteiger partial charge in [-0.25, -0.2) is 0 Å². The molecule has 0 aromatic heterocycles. The predicted molar refractivity (Wildman–Crippen MR) is 78.2 cm³/mol. The van der Waals surface area contributed by atoms with Gasteiger partial charge >= 0.3 is 0 Å². The van der Waals surface area contributed by atoms with E-state index in [2.05, 4.69) is 35.6 Å². The first-order valence-electron chi connectivity index (χ1n) is 6.02. The van der Waals surface area contributed by atoms with Crippen LogP contribution < -0.4 is 5.32 Å². The van der Waals surface area contributed by atoms with Crippen LogP contribution in [-0.2, 0) is 6.54 Å². The van der Waals surface area contributed by atoms with E-state index in [0.29, 0.717) is 6.04 Å². The highest BCUT2D eigenvalue weighted by molar-refractivity contribution is 7.99. The van der Waals surface area contributed by atoms with E-state index >= 15 is 0 Å². The van der Waals surface area contributed by atoms with Gasteiger partial charge in [0.1, 0.15) is 0 Å². The standard InChI is InChI=1S/C15H14ClNS/c16-12-5-3-4-11(8-12)9-17-14-10-18-15-7-2-1-6-13(14)15/h1-8,14,17H,9-10H2. The van der Waals surface area contributed by atoms with Crippen molar-refractivity contribution in [2.45, 2.75) is 17.5 Å². The third-order valence-electron chi connectivity index (χ3n) is 3.14. The van der Waals surface area contributed by atoms with Crippen LogP contribution in [0.3, 0.4) is 0 Å². The Kier molecular flexibility index (Phi) is 3.59. The molecule has 0 amide bonds. The maximum atomic E-state index is 5.99. The second-order valence-corrected chi connectivity index (χ2v) is 5.91. The molecule has 2 aromatic carbocycles. The summed E-state index contributed by atoms with van der Waals surface area (Å²) in [5, 5.41) is 4.40. The molecule has 3 rings (SSSR count). The van der Waals surface area contributed by atoms with Gasteiger partial charge in [-0.2, -0.15) is 0 Å². The molecule has 18 heavy (non-hydrogen) atoms. The average molecular weight is 276 g/mol. The lowest BCUT2D eigenvalue weighted by molar-refractivity contribution is 0.584. The monoisotopic (exact) mass is 275 g/mol. The lowest BCUT2D eigenvalue weighted by atomic mass is 10.1. The molecule has 0 saturated carbocycles. The first-order valence-corrected chi connectivity index (χ1v) is 7.39. The van der Waals surface area contributed by atoms with Crippen molar-refractivity contribution < 1.29 is 0 Å². The Hall–Kier alpha value is -0.960. The van der Waals surface area contributed by atoms with Gasteiger partial charge < -0.3 is 5.32 Å². The number of hydrogen-bond acceptors (Lipinski definition) is 2. The van der Waals surface area contributed by atoms with Gasteiger partial charge in [-0.1, -0.05) is 41.9 Å². The van der Waals surface area contributed by atoms with E-state index in [9.17, 15) is 0 Å². The number of hydrogen-bond donors (Lipinski definition) is 1. The molecule has 1 aliphatic heterocycles. The van der Waals surface area contributed by atoms with Crippen molar-refractivity contribution in [2.24, 2.45) is 0 Å². The highest BCUT2D eigenvalue weighted by atomic mass is 35.5. The van der Waals surface area contributed by atoms with Crippen LogP contribution >= 0.6 is 23.4 Å². The zero-order chi connectivity index (χ0) is 12.4. The van der Waals surface area contributed by atoms with Crippen molar-refractivity contribution in [3.63, 3.8) is 0 Å². The van der Waals surface area contributed by atoms with Gasteiger partial charge in [0.25, 0.3) is 0 Å². The Morgan fingerprint density at radius 1 is 1.17 bits per heavy atom. The van der Waals surface area contributed by atoms with Gasteiger partial charge in [0.15, 0.2) is 0 Å². The highest BCUT2D eigenvalue weighted by Gasteiger charge is 2.21. The van der Waals surface area contributed by atoms with Crippen molar-refractivity contribution in [1.82, 2.24) is 5.32 Å². The zero-order valence-corrected chi connectivity index (χ0v) is 11.5. The van der Waals surface area contributed by atoms with E-state index in [-0.39, 0.29) is 0 Å². The van der Waals surface area contributed by atoms with Crippen LogP contribution in [0.4, 0.5) is 0 Å². The first kappa shape index (κ1) is 12.1. The Morgan fingerprint density at radius 2 is 2.06 bits per heavy atom. The summed E-state index contributed by atoms with van der Waals surface area (Å²) in [4.78, 5) is 1.40. The van der Waals surface area contributed by atoms with Gasteiger partial charge in [0.2, 0.25) is 0 Å². The van der Waals surface area contributed by atoms with Gasteiger partial charge in [-0.3, -0.25) is 0 Å². The molecule has 0 saturated heterocycles. The molecule has 1 nitrogen and oxygen atoms in total. The van der Waals surface area contributed by atoms with Gasteiger partial charge in [0.05, 0.1) is 0 Å². The highest BCUT2D eigenvalue weighted by Crippen LogP contribution is 2.37. The summed E-state index contributed by atoms with van der Waals surface area (Å²) in [6.07, 6.45) is 0. The number of nitrogens with one attached hydrogen (secondary N) is 1. The maximum Gasteiger partial charge on any atom is 0.0429 e. The average Bonchev–Trinajstić information content (AvgIpc) is 2.80. The molecule has 1 atom stereocenters. The van der Waals surface area contributed by atoms with Crippen LogP contribution in [-0.4, -0.2) is 5.75 Å². The smallest absolute Gasteiger partial charge is 0.0429 e. The summed E-state index contributed by atoms with van der Waals surface area (Å²) < 4.78 is 0. The Balaban J connectivity index is 1.69. The van der Waals surface area contributed by atoms with Crippen LogP contribution in [0, 0.1) is 0 Å². The number of thioether (sulfide) groups is 1. The quantitative estimate of drug-likeness (QED) is 0.897. The van der Waals surface area contributed by atoms with Crippen molar-refractivity contribution in [1.29, 1.82) is 0 Å². The minimum atomic E-state index is 0.449. The lowest BCUT2D eigenvalue weighted by Gasteiger charge is -2.13. The molecule has 1 unspecified atom stereocenters. The van der Waals surface area contributed by atoms with Crippen LogP contribution in [0.15, 0.2) is 53.4 Å². The fourth-order valence-corrected chi connectivity index (χ4v) is 3.63. The molecule has 0 spiro atoms.